The average molecular weight is 250 g/mol. The summed E-state index contributed by atoms with van der Waals surface area (Å²) in [5.74, 6) is 0. The number of hydrogen-bond donors (Lipinski definition) is 4. The lowest BCUT2D eigenvalue weighted by molar-refractivity contribution is 0.0965. The lowest BCUT2D eigenvalue weighted by Crippen LogP contribution is -2.36. The van der Waals surface area contributed by atoms with Crippen molar-refractivity contribution in [1.29, 1.82) is 0 Å². The van der Waals surface area contributed by atoms with Gasteiger partial charge < -0.3 is 20.8 Å². The molecule has 0 saturated carbocycles. The fourth-order valence-corrected chi connectivity index (χ4v) is 2.10. The van der Waals surface area contributed by atoms with Gasteiger partial charge in [0.15, 0.2) is 0 Å². The maximum Gasteiger partial charge on any atom is 0.319 e. The van der Waals surface area contributed by atoms with Crippen LogP contribution in [0.15, 0.2) is 18.2 Å². The highest BCUT2D eigenvalue weighted by Gasteiger charge is 2.12. The van der Waals surface area contributed by atoms with Crippen molar-refractivity contribution >= 4 is 11.7 Å². The Balaban J connectivity index is 1.87. The number of aliphatic hydroxyl groups excluding tert-OH is 2. The third kappa shape index (κ3) is 3.21. The monoisotopic (exact) mass is 250 g/mol. The van der Waals surface area contributed by atoms with Crippen molar-refractivity contribution in [2.75, 3.05) is 18.5 Å². The zero-order valence-corrected chi connectivity index (χ0v) is 10.1. The predicted octanol–water partition coefficient (Wildman–Crippen LogP) is 0.650. The van der Waals surface area contributed by atoms with Gasteiger partial charge in [-0.2, -0.15) is 0 Å². The third-order valence-corrected chi connectivity index (χ3v) is 3.07. The molecular weight excluding hydrogens is 232 g/mol. The van der Waals surface area contributed by atoms with Gasteiger partial charge in [0.05, 0.1) is 12.7 Å². The fourth-order valence-electron chi connectivity index (χ4n) is 2.10. The number of benzene rings is 1. The van der Waals surface area contributed by atoms with Crippen LogP contribution in [0.3, 0.4) is 0 Å². The maximum absolute atomic E-state index is 11.5. The minimum atomic E-state index is -0.921. The number of amides is 2. The summed E-state index contributed by atoms with van der Waals surface area (Å²) < 4.78 is 0. The van der Waals surface area contributed by atoms with Crippen LogP contribution in [0.2, 0.25) is 0 Å². The molecule has 0 saturated heterocycles. The van der Waals surface area contributed by atoms with Crippen molar-refractivity contribution < 1.29 is 15.0 Å². The lowest BCUT2D eigenvalue weighted by atomic mass is 10.1. The number of anilines is 1. The van der Waals surface area contributed by atoms with Gasteiger partial charge in [-0.1, -0.05) is 6.07 Å². The predicted molar refractivity (Wildman–Crippen MR) is 68.6 cm³/mol. The van der Waals surface area contributed by atoms with Crippen LogP contribution in [-0.2, 0) is 12.8 Å². The van der Waals surface area contributed by atoms with Crippen LogP contribution in [-0.4, -0.2) is 35.5 Å². The highest BCUT2D eigenvalue weighted by molar-refractivity contribution is 5.89. The van der Waals surface area contributed by atoms with Crippen LogP contribution >= 0.6 is 0 Å². The van der Waals surface area contributed by atoms with Gasteiger partial charge >= 0.3 is 6.03 Å². The number of aliphatic hydroxyl groups is 2. The summed E-state index contributed by atoms with van der Waals surface area (Å²) in [6.45, 7) is -0.327. The van der Waals surface area contributed by atoms with Gasteiger partial charge in [0.25, 0.3) is 0 Å². The van der Waals surface area contributed by atoms with Gasteiger partial charge in [-0.3, -0.25) is 0 Å². The van der Waals surface area contributed by atoms with Crippen LogP contribution in [0, 0.1) is 0 Å². The Morgan fingerprint density at radius 3 is 2.89 bits per heavy atom. The highest BCUT2D eigenvalue weighted by Crippen LogP contribution is 2.24. The molecule has 0 heterocycles. The normalized spacial score (nSPS) is 15.0. The fraction of sp³-hybridized carbons (Fsp3) is 0.462. The van der Waals surface area contributed by atoms with E-state index < -0.39 is 6.10 Å². The van der Waals surface area contributed by atoms with E-state index in [-0.39, 0.29) is 19.2 Å². The summed E-state index contributed by atoms with van der Waals surface area (Å²) in [5, 5.41) is 22.9. The zero-order valence-electron chi connectivity index (χ0n) is 10.1. The molecule has 5 nitrogen and oxygen atoms in total. The molecule has 0 aliphatic heterocycles. The second-order valence-electron chi connectivity index (χ2n) is 4.51. The minimum absolute atomic E-state index is 0.0350. The third-order valence-electron chi connectivity index (χ3n) is 3.07. The van der Waals surface area contributed by atoms with E-state index in [4.69, 9.17) is 10.2 Å². The summed E-state index contributed by atoms with van der Waals surface area (Å²) in [5.41, 5.74) is 3.41. The number of rotatable bonds is 4. The van der Waals surface area contributed by atoms with Gasteiger partial charge in [0.1, 0.15) is 0 Å². The van der Waals surface area contributed by atoms with E-state index >= 15 is 0 Å². The Morgan fingerprint density at radius 1 is 1.33 bits per heavy atom. The molecule has 2 amide bonds. The van der Waals surface area contributed by atoms with Crippen LogP contribution in [0.25, 0.3) is 0 Å². The van der Waals surface area contributed by atoms with E-state index in [1.807, 2.05) is 18.2 Å². The van der Waals surface area contributed by atoms with Crippen molar-refractivity contribution in [1.82, 2.24) is 5.32 Å². The number of carbonyl (C=O) groups excluding carboxylic acids is 1. The second-order valence-corrected chi connectivity index (χ2v) is 4.51. The van der Waals surface area contributed by atoms with Crippen LogP contribution in [0.5, 0.6) is 0 Å². The highest BCUT2D eigenvalue weighted by atomic mass is 16.3. The summed E-state index contributed by atoms with van der Waals surface area (Å²) >= 11 is 0. The molecule has 5 heteroatoms. The molecule has 0 spiro atoms. The molecule has 1 aromatic carbocycles. The lowest BCUT2D eigenvalue weighted by Gasteiger charge is -2.11. The van der Waals surface area contributed by atoms with Crippen LogP contribution in [0.4, 0.5) is 10.5 Å². The Hall–Kier alpha value is -1.59. The van der Waals surface area contributed by atoms with Gasteiger partial charge in [0.2, 0.25) is 0 Å². The molecule has 0 aromatic heterocycles. The molecule has 0 bridgehead atoms. The summed E-state index contributed by atoms with van der Waals surface area (Å²) in [4.78, 5) is 11.5. The topological polar surface area (TPSA) is 81.6 Å². The first-order chi connectivity index (χ1) is 8.69. The number of hydrogen-bond acceptors (Lipinski definition) is 3. The molecule has 2 rings (SSSR count). The molecule has 98 valence electrons. The smallest absolute Gasteiger partial charge is 0.319 e. The van der Waals surface area contributed by atoms with E-state index in [9.17, 15) is 4.79 Å². The molecule has 18 heavy (non-hydrogen) atoms. The zero-order chi connectivity index (χ0) is 13.0. The van der Waals surface area contributed by atoms with E-state index in [0.717, 1.165) is 18.5 Å². The van der Waals surface area contributed by atoms with Crippen LogP contribution in [0.1, 0.15) is 17.5 Å². The van der Waals surface area contributed by atoms with Gasteiger partial charge in [-0.05, 0) is 42.5 Å². The van der Waals surface area contributed by atoms with Gasteiger partial charge in [0, 0.05) is 12.2 Å². The van der Waals surface area contributed by atoms with Crippen molar-refractivity contribution in [3.63, 3.8) is 0 Å². The Bertz CT molecular complexity index is 434. The standard InChI is InChI=1S/C13H18N2O3/c16-8-12(17)7-14-13(18)15-11-5-4-9-2-1-3-10(9)6-11/h4-6,12,16-17H,1-3,7-8H2,(H2,14,15,18). The van der Waals surface area contributed by atoms with E-state index in [1.165, 1.54) is 17.5 Å². The molecule has 1 aliphatic rings. The summed E-state index contributed by atoms with van der Waals surface area (Å²) in [6.07, 6.45) is 2.43. The van der Waals surface area contributed by atoms with E-state index in [2.05, 4.69) is 10.6 Å². The van der Waals surface area contributed by atoms with E-state index in [1.54, 1.807) is 0 Å². The van der Waals surface area contributed by atoms with Crippen LogP contribution < -0.4 is 10.6 Å². The Morgan fingerprint density at radius 2 is 2.11 bits per heavy atom. The van der Waals surface area contributed by atoms with Gasteiger partial charge in [-0.15, -0.1) is 0 Å². The first-order valence-electron chi connectivity index (χ1n) is 6.14. The first kappa shape index (κ1) is 12.9. The summed E-state index contributed by atoms with van der Waals surface area (Å²) in [6, 6.07) is 5.54. The Kier molecular flexibility index (Phi) is 4.17. The molecule has 1 aliphatic carbocycles. The number of fused-ring (bicyclic) bond motifs is 1. The SMILES string of the molecule is O=C(NCC(O)CO)Nc1ccc2c(c1)CCC2. The largest absolute Gasteiger partial charge is 0.394 e. The molecule has 0 radical (unpaired) electrons. The van der Waals surface area contributed by atoms with Crippen molar-refractivity contribution in [3.8, 4) is 0 Å². The first-order valence-corrected chi connectivity index (χ1v) is 6.14. The number of aryl methyl sites for hydroxylation is 2. The minimum Gasteiger partial charge on any atom is -0.394 e. The summed E-state index contributed by atoms with van der Waals surface area (Å²) in [7, 11) is 0. The molecule has 1 atom stereocenters. The molecule has 0 fully saturated rings. The molecule has 1 unspecified atom stereocenters. The second kappa shape index (κ2) is 5.84. The number of urea groups is 1. The molecule has 1 aromatic rings. The maximum atomic E-state index is 11.5. The van der Waals surface area contributed by atoms with Crippen molar-refractivity contribution in [2.45, 2.75) is 25.4 Å². The quantitative estimate of drug-likeness (QED) is 0.633. The van der Waals surface area contributed by atoms with E-state index in [0.29, 0.717) is 0 Å². The Labute approximate surface area is 106 Å². The number of carbonyl (C=O) groups is 1. The van der Waals surface area contributed by atoms with Crippen molar-refractivity contribution in [3.05, 3.63) is 29.3 Å². The van der Waals surface area contributed by atoms with Crippen molar-refractivity contribution in [2.24, 2.45) is 0 Å². The molecular formula is C13H18N2O3. The van der Waals surface area contributed by atoms with Gasteiger partial charge in [-0.25, -0.2) is 4.79 Å². The number of nitrogens with one attached hydrogen (secondary N) is 2. The molecule has 4 N–H and O–H groups in total. The average Bonchev–Trinajstić information content (AvgIpc) is 2.83.